The number of anilines is 1. The summed E-state index contributed by atoms with van der Waals surface area (Å²) in [5.41, 5.74) is 0.760. The van der Waals surface area contributed by atoms with E-state index >= 15 is 0 Å². The summed E-state index contributed by atoms with van der Waals surface area (Å²) in [6.45, 7) is 1.45. The Kier molecular flexibility index (Phi) is 5.43. The van der Waals surface area contributed by atoms with Crippen LogP contribution in [0.3, 0.4) is 0 Å². The Labute approximate surface area is 151 Å². The number of carbonyl (C=O) groups excluding carboxylic acids is 3. The van der Waals surface area contributed by atoms with Gasteiger partial charge in [-0.15, -0.1) is 0 Å². The summed E-state index contributed by atoms with van der Waals surface area (Å²) < 4.78 is 0. The van der Waals surface area contributed by atoms with Gasteiger partial charge >= 0.3 is 6.03 Å². The van der Waals surface area contributed by atoms with Gasteiger partial charge < -0.3 is 20.9 Å². The molecule has 0 radical (unpaired) electrons. The van der Waals surface area contributed by atoms with Crippen molar-refractivity contribution in [1.29, 1.82) is 0 Å². The summed E-state index contributed by atoms with van der Waals surface area (Å²) in [4.78, 5) is 37.8. The Balaban J connectivity index is 1.53. The zero-order valence-corrected chi connectivity index (χ0v) is 14.6. The SMILES string of the molecule is O=C(NCC(=O)N1CCCC1)Nc1ccc(Cl)c(C(=O)NC2CC2)c1. The lowest BCUT2D eigenvalue weighted by Gasteiger charge is -2.16. The minimum atomic E-state index is -0.497. The Bertz CT molecular complexity index is 684. The van der Waals surface area contributed by atoms with E-state index in [1.807, 2.05) is 0 Å². The third-order valence-electron chi connectivity index (χ3n) is 4.24. The number of rotatable bonds is 5. The number of halogens is 1. The van der Waals surface area contributed by atoms with Crippen LogP contribution in [0, 0.1) is 0 Å². The Hall–Kier alpha value is -2.28. The monoisotopic (exact) mass is 364 g/mol. The molecule has 0 spiro atoms. The van der Waals surface area contributed by atoms with Gasteiger partial charge in [-0.25, -0.2) is 4.79 Å². The van der Waals surface area contributed by atoms with E-state index in [1.54, 1.807) is 17.0 Å². The Morgan fingerprint density at radius 3 is 2.56 bits per heavy atom. The highest BCUT2D eigenvalue weighted by Gasteiger charge is 2.25. The lowest BCUT2D eigenvalue weighted by atomic mass is 10.2. The van der Waals surface area contributed by atoms with Gasteiger partial charge in [-0.2, -0.15) is 0 Å². The van der Waals surface area contributed by atoms with Crippen LogP contribution in [-0.4, -0.2) is 48.4 Å². The van der Waals surface area contributed by atoms with Crippen LogP contribution in [0.5, 0.6) is 0 Å². The molecule has 0 atom stereocenters. The highest BCUT2D eigenvalue weighted by atomic mass is 35.5. The van der Waals surface area contributed by atoms with E-state index in [9.17, 15) is 14.4 Å². The molecule has 1 saturated heterocycles. The van der Waals surface area contributed by atoms with Crippen LogP contribution >= 0.6 is 11.6 Å². The number of amides is 4. The van der Waals surface area contributed by atoms with Crippen LogP contribution in [-0.2, 0) is 4.79 Å². The van der Waals surface area contributed by atoms with Gasteiger partial charge in [0.25, 0.3) is 5.91 Å². The van der Waals surface area contributed by atoms with E-state index in [-0.39, 0.29) is 24.4 Å². The van der Waals surface area contributed by atoms with Gasteiger partial charge in [0.2, 0.25) is 5.91 Å². The molecule has 3 N–H and O–H groups in total. The second-order valence-electron chi connectivity index (χ2n) is 6.34. The molecule has 2 fully saturated rings. The molecule has 0 bridgehead atoms. The number of likely N-dealkylation sites (tertiary alicyclic amines) is 1. The maximum atomic E-state index is 12.1. The zero-order valence-electron chi connectivity index (χ0n) is 13.8. The second-order valence-corrected chi connectivity index (χ2v) is 6.75. The van der Waals surface area contributed by atoms with Crippen LogP contribution in [0.4, 0.5) is 10.5 Å². The molecule has 1 heterocycles. The summed E-state index contributed by atoms with van der Waals surface area (Å²) in [7, 11) is 0. The first-order valence-electron chi connectivity index (χ1n) is 8.46. The van der Waals surface area contributed by atoms with E-state index in [4.69, 9.17) is 11.6 Å². The maximum absolute atomic E-state index is 12.1. The predicted octanol–water partition coefficient (Wildman–Crippen LogP) is 1.98. The van der Waals surface area contributed by atoms with Crippen molar-refractivity contribution >= 4 is 35.1 Å². The number of carbonyl (C=O) groups is 3. The number of hydrogen-bond acceptors (Lipinski definition) is 3. The fraction of sp³-hybridized carbons (Fsp3) is 0.471. The van der Waals surface area contributed by atoms with Crippen LogP contribution in [0.15, 0.2) is 18.2 Å². The molecule has 1 aliphatic carbocycles. The molecule has 1 aromatic carbocycles. The van der Waals surface area contributed by atoms with Crippen LogP contribution < -0.4 is 16.0 Å². The molecular weight excluding hydrogens is 344 g/mol. The minimum Gasteiger partial charge on any atom is -0.349 e. The maximum Gasteiger partial charge on any atom is 0.319 e. The van der Waals surface area contributed by atoms with Crippen LogP contribution in [0.25, 0.3) is 0 Å². The predicted molar refractivity (Wildman–Crippen MR) is 94.8 cm³/mol. The zero-order chi connectivity index (χ0) is 17.8. The molecule has 2 aliphatic rings. The molecule has 1 aromatic rings. The highest BCUT2D eigenvalue weighted by Crippen LogP contribution is 2.23. The van der Waals surface area contributed by atoms with Crippen molar-refractivity contribution in [2.45, 2.75) is 31.7 Å². The quantitative estimate of drug-likeness (QED) is 0.746. The van der Waals surface area contributed by atoms with Crippen molar-refractivity contribution in [3.05, 3.63) is 28.8 Å². The largest absolute Gasteiger partial charge is 0.349 e. The average molecular weight is 365 g/mol. The first-order valence-corrected chi connectivity index (χ1v) is 8.84. The van der Waals surface area contributed by atoms with Crippen molar-refractivity contribution in [2.75, 3.05) is 25.0 Å². The van der Waals surface area contributed by atoms with E-state index in [0.29, 0.717) is 16.3 Å². The first kappa shape index (κ1) is 17.5. The fourth-order valence-corrected chi connectivity index (χ4v) is 2.88. The van der Waals surface area contributed by atoms with Crippen molar-refractivity contribution in [3.63, 3.8) is 0 Å². The van der Waals surface area contributed by atoms with Gasteiger partial charge in [0.05, 0.1) is 17.1 Å². The second kappa shape index (κ2) is 7.74. The van der Waals surface area contributed by atoms with Crippen molar-refractivity contribution < 1.29 is 14.4 Å². The van der Waals surface area contributed by atoms with Gasteiger partial charge in [-0.1, -0.05) is 11.6 Å². The van der Waals surface area contributed by atoms with Crippen molar-refractivity contribution in [1.82, 2.24) is 15.5 Å². The van der Waals surface area contributed by atoms with Gasteiger partial charge in [0.15, 0.2) is 0 Å². The standard InChI is InChI=1S/C17H21ClN4O3/c18-14-6-5-12(9-13(14)16(24)20-11-3-4-11)21-17(25)19-10-15(23)22-7-1-2-8-22/h5-6,9,11H,1-4,7-8,10H2,(H,20,24)(H2,19,21,25). The number of benzene rings is 1. The topological polar surface area (TPSA) is 90.5 Å². The molecule has 4 amide bonds. The van der Waals surface area contributed by atoms with Gasteiger partial charge in [0, 0.05) is 24.8 Å². The molecule has 1 saturated carbocycles. The van der Waals surface area contributed by atoms with E-state index in [2.05, 4.69) is 16.0 Å². The number of urea groups is 1. The van der Waals surface area contributed by atoms with Crippen LogP contribution in [0.2, 0.25) is 5.02 Å². The molecule has 3 rings (SSSR count). The number of hydrogen-bond donors (Lipinski definition) is 3. The summed E-state index contributed by atoms with van der Waals surface area (Å²) in [6.07, 6.45) is 3.98. The lowest BCUT2D eigenvalue weighted by molar-refractivity contribution is -0.128. The van der Waals surface area contributed by atoms with E-state index in [1.165, 1.54) is 6.07 Å². The molecular formula is C17H21ClN4O3. The number of nitrogens with one attached hydrogen (secondary N) is 3. The molecule has 25 heavy (non-hydrogen) atoms. The van der Waals surface area contributed by atoms with E-state index in [0.717, 1.165) is 38.8 Å². The molecule has 134 valence electrons. The third-order valence-corrected chi connectivity index (χ3v) is 4.57. The Morgan fingerprint density at radius 2 is 1.88 bits per heavy atom. The molecule has 8 heteroatoms. The van der Waals surface area contributed by atoms with Gasteiger partial charge in [0.1, 0.15) is 0 Å². The van der Waals surface area contributed by atoms with Crippen molar-refractivity contribution in [3.8, 4) is 0 Å². The highest BCUT2D eigenvalue weighted by molar-refractivity contribution is 6.34. The minimum absolute atomic E-state index is 0.0472. The summed E-state index contributed by atoms with van der Waals surface area (Å²) in [5, 5.41) is 8.35. The number of nitrogens with zero attached hydrogens (tertiary/aromatic N) is 1. The molecule has 0 unspecified atom stereocenters. The lowest BCUT2D eigenvalue weighted by Crippen LogP contribution is -2.40. The molecule has 7 nitrogen and oxygen atoms in total. The van der Waals surface area contributed by atoms with Gasteiger partial charge in [-0.3, -0.25) is 9.59 Å². The first-order chi connectivity index (χ1) is 12.0. The fourth-order valence-electron chi connectivity index (χ4n) is 2.68. The smallest absolute Gasteiger partial charge is 0.319 e. The summed E-state index contributed by atoms with van der Waals surface area (Å²) in [5.74, 6) is -0.339. The average Bonchev–Trinajstić information content (AvgIpc) is 3.23. The van der Waals surface area contributed by atoms with Crippen LogP contribution in [0.1, 0.15) is 36.0 Å². The van der Waals surface area contributed by atoms with E-state index < -0.39 is 6.03 Å². The normalized spacial score (nSPS) is 16.4. The summed E-state index contributed by atoms with van der Waals surface area (Å²) in [6, 6.07) is 4.43. The molecule has 0 aromatic heterocycles. The molecule has 1 aliphatic heterocycles. The Morgan fingerprint density at radius 1 is 1.16 bits per heavy atom. The van der Waals surface area contributed by atoms with Crippen molar-refractivity contribution in [2.24, 2.45) is 0 Å². The summed E-state index contributed by atoms with van der Waals surface area (Å²) >= 11 is 6.07. The van der Waals surface area contributed by atoms with Gasteiger partial charge in [-0.05, 0) is 43.9 Å². The third kappa shape index (κ3) is 4.85.